The van der Waals surface area contributed by atoms with E-state index in [2.05, 4.69) is 5.32 Å². The molecule has 2 heterocycles. The van der Waals surface area contributed by atoms with Crippen LogP contribution in [0.3, 0.4) is 0 Å². The van der Waals surface area contributed by atoms with Crippen molar-refractivity contribution in [3.63, 3.8) is 0 Å². The first-order valence-electron chi connectivity index (χ1n) is 8.39. The zero-order valence-electron chi connectivity index (χ0n) is 15.3. The number of barbiturate groups is 1. The molecule has 0 radical (unpaired) electrons. The zero-order chi connectivity index (χ0) is 21.0. The minimum absolute atomic E-state index is 0.120. The van der Waals surface area contributed by atoms with Gasteiger partial charge >= 0.3 is 6.03 Å². The summed E-state index contributed by atoms with van der Waals surface area (Å²) < 4.78 is 15.6. The van der Waals surface area contributed by atoms with Gasteiger partial charge in [-0.3, -0.25) is 24.6 Å². The van der Waals surface area contributed by atoms with E-state index in [0.717, 1.165) is 4.90 Å². The predicted molar refractivity (Wildman–Crippen MR) is 98.5 cm³/mol. The number of benzene rings is 1. The molecular formula is C19H17N3O7. The summed E-state index contributed by atoms with van der Waals surface area (Å²) in [6.45, 7) is -0.451. The molecule has 3 rings (SSSR count). The highest BCUT2D eigenvalue weighted by molar-refractivity contribution is 6.30. The van der Waals surface area contributed by atoms with Crippen LogP contribution in [0, 0.1) is 0 Å². The van der Waals surface area contributed by atoms with Crippen LogP contribution in [0.15, 0.2) is 46.6 Å². The quantitative estimate of drug-likeness (QED) is 0.518. The Kier molecular flexibility index (Phi) is 5.63. The smallest absolute Gasteiger partial charge is 0.331 e. The van der Waals surface area contributed by atoms with Gasteiger partial charge in [0, 0.05) is 0 Å². The first-order valence-corrected chi connectivity index (χ1v) is 8.39. The van der Waals surface area contributed by atoms with E-state index in [1.165, 1.54) is 31.6 Å². The van der Waals surface area contributed by atoms with Crippen LogP contribution in [-0.4, -0.2) is 42.4 Å². The number of hydrogen-bond donors (Lipinski definition) is 2. The Balaban J connectivity index is 1.87. The third-order valence-electron chi connectivity index (χ3n) is 3.95. The van der Waals surface area contributed by atoms with Crippen LogP contribution >= 0.6 is 0 Å². The van der Waals surface area contributed by atoms with Crippen LogP contribution in [0.1, 0.15) is 11.3 Å². The summed E-state index contributed by atoms with van der Waals surface area (Å²) in [7, 11) is 1.39. The van der Waals surface area contributed by atoms with E-state index in [1.54, 1.807) is 18.2 Å². The van der Waals surface area contributed by atoms with Crippen LogP contribution < -0.4 is 20.5 Å². The second kappa shape index (κ2) is 8.30. The fourth-order valence-electron chi connectivity index (χ4n) is 2.60. The Morgan fingerprint density at radius 1 is 1.24 bits per heavy atom. The molecule has 1 aliphatic heterocycles. The maximum Gasteiger partial charge on any atom is 0.331 e. The molecule has 1 saturated heterocycles. The highest BCUT2D eigenvalue weighted by Crippen LogP contribution is 2.29. The van der Waals surface area contributed by atoms with E-state index < -0.39 is 23.8 Å². The van der Waals surface area contributed by atoms with Gasteiger partial charge in [0.1, 0.15) is 11.3 Å². The maximum absolute atomic E-state index is 12.7. The molecule has 29 heavy (non-hydrogen) atoms. The molecule has 1 fully saturated rings. The van der Waals surface area contributed by atoms with E-state index >= 15 is 0 Å². The number of imide groups is 2. The van der Waals surface area contributed by atoms with Crippen molar-refractivity contribution in [2.24, 2.45) is 5.73 Å². The molecule has 0 aliphatic carbocycles. The van der Waals surface area contributed by atoms with Crippen molar-refractivity contribution < 1.29 is 33.1 Å². The summed E-state index contributed by atoms with van der Waals surface area (Å²) in [4.78, 5) is 48.7. The fraction of sp³-hybridized carbons (Fsp3) is 0.158. The van der Waals surface area contributed by atoms with Crippen LogP contribution in [-0.2, 0) is 20.9 Å². The summed E-state index contributed by atoms with van der Waals surface area (Å²) in [6.07, 6.45) is 2.73. The number of rotatable bonds is 7. The second-order valence-electron chi connectivity index (χ2n) is 5.95. The van der Waals surface area contributed by atoms with Crippen molar-refractivity contribution in [2.75, 3.05) is 13.7 Å². The van der Waals surface area contributed by atoms with Crippen molar-refractivity contribution in [1.82, 2.24) is 10.2 Å². The standard InChI is InChI=1S/C19H17N3O7/c1-27-15-8-11(4-5-14(15)29-10-16(20)23)7-13-17(24)21-19(26)22(18(13)25)9-12-3-2-6-28-12/h2-8H,9-10H2,1H3,(H2,20,23)(H,21,24,26)/b13-7+. The van der Waals surface area contributed by atoms with Crippen molar-refractivity contribution >= 4 is 29.8 Å². The summed E-state index contributed by atoms with van der Waals surface area (Å²) >= 11 is 0. The summed E-state index contributed by atoms with van der Waals surface area (Å²) in [5.41, 5.74) is 5.26. The molecule has 0 bridgehead atoms. The van der Waals surface area contributed by atoms with Gasteiger partial charge in [0.15, 0.2) is 18.1 Å². The predicted octanol–water partition coefficient (Wildman–Crippen LogP) is 0.814. The molecular weight excluding hydrogens is 382 g/mol. The number of carbonyl (C=O) groups is 4. The number of carbonyl (C=O) groups excluding carboxylic acids is 4. The molecule has 0 atom stereocenters. The molecule has 10 heteroatoms. The van der Waals surface area contributed by atoms with Gasteiger partial charge in [-0.05, 0) is 35.9 Å². The lowest BCUT2D eigenvalue weighted by Crippen LogP contribution is -2.53. The SMILES string of the molecule is COc1cc(/C=C2\C(=O)NC(=O)N(Cc3ccco3)C2=O)ccc1OCC(N)=O. The van der Waals surface area contributed by atoms with Crippen molar-refractivity contribution in [3.8, 4) is 11.5 Å². The Hall–Kier alpha value is -4.08. The third-order valence-corrected chi connectivity index (χ3v) is 3.95. The number of amides is 5. The van der Waals surface area contributed by atoms with Gasteiger partial charge in [-0.15, -0.1) is 0 Å². The van der Waals surface area contributed by atoms with E-state index in [-0.39, 0.29) is 30.2 Å². The molecule has 0 unspecified atom stereocenters. The van der Waals surface area contributed by atoms with Crippen molar-refractivity contribution in [2.45, 2.75) is 6.54 Å². The summed E-state index contributed by atoms with van der Waals surface area (Å²) in [6, 6.07) is 6.97. The first-order chi connectivity index (χ1) is 13.9. The molecule has 2 aromatic rings. The fourth-order valence-corrected chi connectivity index (χ4v) is 2.60. The number of primary amides is 1. The molecule has 1 aliphatic rings. The Labute approximate surface area is 164 Å². The number of hydrogen-bond acceptors (Lipinski definition) is 7. The van der Waals surface area contributed by atoms with Crippen LogP contribution in [0.2, 0.25) is 0 Å². The molecule has 0 saturated carbocycles. The molecule has 0 spiro atoms. The highest BCUT2D eigenvalue weighted by atomic mass is 16.5. The topological polar surface area (TPSA) is 141 Å². The van der Waals surface area contributed by atoms with Gasteiger partial charge in [-0.2, -0.15) is 0 Å². The van der Waals surface area contributed by atoms with E-state index in [1.807, 2.05) is 0 Å². The van der Waals surface area contributed by atoms with Gasteiger partial charge in [0.25, 0.3) is 17.7 Å². The minimum Gasteiger partial charge on any atom is -0.493 e. The largest absolute Gasteiger partial charge is 0.493 e. The average molecular weight is 399 g/mol. The van der Waals surface area contributed by atoms with E-state index in [0.29, 0.717) is 11.3 Å². The molecule has 1 aromatic heterocycles. The lowest BCUT2D eigenvalue weighted by Gasteiger charge is -2.25. The van der Waals surface area contributed by atoms with Gasteiger partial charge in [0.2, 0.25) is 0 Å². The Morgan fingerprint density at radius 2 is 2.03 bits per heavy atom. The third kappa shape index (κ3) is 4.43. The number of nitrogens with zero attached hydrogens (tertiary/aromatic N) is 1. The van der Waals surface area contributed by atoms with Crippen LogP contribution in [0.25, 0.3) is 6.08 Å². The molecule has 5 amide bonds. The van der Waals surface area contributed by atoms with Gasteiger partial charge in [-0.1, -0.05) is 6.07 Å². The first kappa shape index (κ1) is 19.7. The summed E-state index contributed by atoms with van der Waals surface area (Å²) in [5, 5.41) is 2.13. The second-order valence-corrected chi connectivity index (χ2v) is 5.95. The highest BCUT2D eigenvalue weighted by Gasteiger charge is 2.36. The number of nitrogens with one attached hydrogen (secondary N) is 1. The average Bonchev–Trinajstić information content (AvgIpc) is 3.20. The lowest BCUT2D eigenvalue weighted by molar-refractivity contribution is -0.130. The normalized spacial score (nSPS) is 15.4. The Morgan fingerprint density at radius 3 is 2.69 bits per heavy atom. The van der Waals surface area contributed by atoms with Gasteiger partial charge in [-0.25, -0.2) is 4.79 Å². The molecule has 1 aromatic carbocycles. The number of ether oxygens (including phenoxy) is 2. The Bertz CT molecular complexity index is 995. The van der Waals surface area contributed by atoms with Gasteiger partial charge in [0.05, 0.1) is 19.9 Å². The van der Waals surface area contributed by atoms with Crippen molar-refractivity contribution in [3.05, 3.63) is 53.5 Å². The van der Waals surface area contributed by atoms with E-state index in [9.17, 15) is 19.2 Å². The maximum atomic E-state index is 12.7. The zero-order valence-corrected chi connectivity index (χ0v) is 15.3. The minimum atomic E-state index is -0.832. The lowest BCUT2D eigenvalue weighted by atomic mass is 10.1. The van der Waals surface area contributed by atoms with Crippen molar-refractivity contribution in [1.29, 1.82) is 0 Å². The number of urea groups is 1. The monoisotopic (exact) mass is 399 g/mol. The van der Waals surface area contributed by atoms with Gasteiger partial charge < -0.3 is 19.6 Å². The molecule has 3 N–H and O–H groups in total. The van der Waals surface area contributed by atoms with E-state index in [4.69, 9.17) is 19.6 Å². The molecule has 150 valence electrons. The number of methoxy groups -OCH3 is 1. The molecule has 10 nitrogen and oxygen atoms in total. The summed E-state index contributed by atoms with van der Waals surface area (Å²) in [5.74, 6) is -1.30. The number of nitrogens with two attached hydrogens (primary N) is 1. The van der Waals surface area contributed by atoms with Crippen LogP contribution in [0.4, 0.5) is 4.79 Å². The van der Waals surface area contributed by atoms with Crippen LogP contribution in [0.5, 0.6) is 11.5 Å². The number of furan rings is 1.